The van der Waals surface area contributed by atoms with Gasteiger partial charge in [0.15, 0.2) is 12.4 Å². The molecule has 0 saturated heterocycles. The highest BCUT2D eigenvalue weighted by Gasteiger charge is 2.47. The van der Waals surface area contributed by atoms with Crippen LogP contribution >= 0.6 is 11.6 Å². The molecule has 0 aliphatic heterocycles. The zero-order chi connectivity index (χ0) is 20.9. The molecule has 0 bridgehead atoms. The molecule has 6 nitrogen and oxygen atoms in total. The summed E-state index contributed by atoms with van der Waals surface area (Å²) in [6, 6.07) is 10.4. The van der Waals surface area contributed by atoms with Crippen molar-refractivity contribution >= 4 is 35.3 Å². The first-order chi connectivity index (χ1) is 13.9. The molecule has 1 amide bonds. The number of halogens is 1. The van der Waals surface area contributed by atoms with Gasteiger partial charge in [0.1, 0.15) is 11.3 Å². The number of benzene rings is 1. The number of rotatable bonds is 6. The Morgan fingerprint density at radius 2 is 2.03 bits per heavy atom. The Kier molecular flexibility index (Phi) is 6.54. The van der Waals surface area contributed by atoms with Gasteiger partial charge in [0.25, 0.3) is 5.91 Å². The van der Waals surface area contributed by atoms with E-state index >= 15 is 0 Å². The second kappa shape index (κ2) is 9.09. The van der Waals surface area contributed by atoms with E-state index in [-0.39, 0.29) is 5.78 Å². The zero-order valence-corrected chi connectivity index (χ0v) is 16.9. The van der Waals surface area contributed by atoms with Gasteiger partial charge in [0.05, 0.1) is 6.26 Å². The molecular weight excluding hydrogens is 394 g/mol. The number of Topliss-reactive ketones (excluding diaryl/α,β-unsaturated/α-hetero) is 1. The molecule has 1 aliphatic rings. The van der Waals surface area contributed by atoms with E-state index in [1.165, 1.54) is 23.3 Å². The van der Waals surface area contributed by atoms with Gasteiger partial charge < -0.3 is 14.1 Å². The van der Waals surface area contributed by atoms with E-state index < -0.39 is 24.0 Å². The molecule has 0 N–H and O–H groups in total. The molecule has 0 radical (unpaired) electrons. The van der Waals surface area contributed by atoms with Crippen molar-refractivity contribution in [3.8, 4) is 0 Å². The molecule has 1 heterocycles. The minimum absolute atomic E-state index is 0.0586. The standard InChI is InChI=1S/C22H22ClNO5/c1-24(20(26)15-29-21(27)12-11-16-7-6-14-28-16)22(13-5-4-10-19(22)25)17-8-2-3-9-18(17)23/h2-3,6-9,11-12,14H,4-5,10,13,15H2,1H3/b12-11+/t22-/m0/s1. The maximum Gasteiger partial charge on any atom is 0.331 e. The molecular formula is C22H22ClNO5. The molecule has 1 aromatic carbocycles. The van der Waals surface area contributed by atoms with Gasteiger partial charge in [-0.1, -0.05) is 29.8 Å². The summed E-state index contributed by atoms with van der Waals surface area (Å²) in [6.07, 6.45) is 6.53. The third kappa shape index (κ3) is 4.43. The van der Waals surface area contributed by atoms with Crippen molar-refractivity contribution in [3.63, 3.8) is 0 Å². The van der Waals surface area contributed by atoms with Crippen LogP contribution in [0.5, 0.6) is 0 Å². The van der Waals surface area contributed by atoms with Gasteiger partial charge in [-0.25, -0.2) is 4.79 Å². The van der Waals surface area contributed by atoms with Crippen LogP contribution in [-0.4, -0.2) is 36.2 Å². The first kappa shape index (κ1) is 20.9. The average Bonchev–Trinajstić information content (AvgIpc) is 3.25. The lowest BCUT2D eigenvalue weighted by Crippen LogP contribution is -2.55. The van der Waals surface area contributed by atoms with Crippen molar-refractivity contribution in [3.05, 3.63) is 65.1 Å². The maximum absolute atomic E-state index is 13.0. The van der Waals surface area contributed by atoms with Crippen LogP contribution in [-0.2, 0) is 24.7 Å². The van der Waals surface area contributed by atoms with E-state index in [1.54, 1.807) is 43.4 Å². The minimum atomic E-state index is -1.15. The molecule has 1 aromatic heterocycles. The Morgan fingerprint density at radius 1 is 1.24 bits per heavy atom. The summed E-state index contributed by atoms with van der Waals surface area (Å²) in [5.41, 5.74) is -0.546. The lowest BCUT2D eigenvalue weighted by Gasteiger charge is -2.43. The number of nitrogens with zero attached hydrogens (tertiary/aromatic N) is 1. The van der Waals surface area contributed by atoms with Crippen LogP contribution in [0.3, 0.4) is 0 Å². The largest absolute Gasteiger partial charge is 0.465 e. The van der Waals surface area contributed by atoms with E-state index in [1.807, 2.05) is 0 Å². The molecule has 1 aliphatic carbocycles. The Labute approximate surface area is 174 Å². The monoisotopic (exact) mass is 415 g/mol. The molecule has 2 aromatic rings. The van der Waals surface area contributed by atoms with Crippen molar-refractivity contribution in [1.82, 2.24) is 4.90 Å². The third-order valence-corrected chi connectivity index (χ3v) is 5.51. The number of esters is 1. The summed E-state index contributed by atoms with van der Waals surface area (Å²) in [4.78, 5) is 39.1. The van der Waals surface area contributed by atoms with Crippen LogP contribution in [0.4, 0.5) is 0 Å². The summed E-state index contributed by atoms with van der Waals surface area (Å²) in [5.74, 6) is -0.711. The summed E-state index contributed by atoms with van der Waals surface area (Å²) in [6.45, 7) is -0.475. The van der Waals surface area contributed by atoms with E-state index in [9.17, 15) is 14.4 Å². The van der Waals surface area contributed by atoms with Gasteiger partial charge in [-0.2, -0.15) is 0 Å². The fourth-order valence-corrected chi connectivity index (χ4v) is 3.95. The number of likely N-dealkylation sites (N-methyl/N-ethyl adjacent to an activating group) is 1. The average molecular weight is 416 g/mol. The van der Waals surface area contributed by atoms with E-state index in [0.29, 0.717) is 29.2 Å². The van der Waals surface area contributed by atoms with E-state index in [2.05, 4.69) is 0 Å². The van der Waals surface area contributed by atoms with Crippen LogP contribution in [0.1, 0.15) is 37.0 Å². The highest BCUT2D eigenvalue weighted by atomic mass is 35.5. The van der Waals surface area contributed by atoms with Crippen LogP contribution < -0.4 is 0 Å². The fourth-order valence-electron chi connectivity index (χ4n) is 3.66. The number of ether oxygens (including phenoxy) is 1. The first-order valence-corrected chi connectivity index (χ1v) is 9.76. The quantitative estimate of drug-likeness (QED) is 0.526. The highest BCUT2D eigenvalue weighted by Crippen LogP contribution is 2.42. The van der Waals surface area contributed by atoms with Gasteiger partial charge in [-0.3, -0.25) is 9.59 Å². The molecule has 0 unspecified atom stereocenters. The van der Waals surface area contributed by atoms with E-state index in [0.717, 1.165) is 12.8 Å². The van der Waals surface area contributed by atoms with Crippen molar-refractivity contribution in [2.45, 2.75) is 31.2 Å². The lowest BCUT2D eigenvalue weighted by molar-refractivity contribution is -0.155. The number of carbonyl (C=O) groups is 3. The van der Waals surface area contributed by atoms with Gasteiger partial charge in [-0.05, 0) is 43.5 Å². The SMILES string of the molecule is CN(C(=O)COC(=O)/C=C/c1ccco1)[C@]1(c2ccccc2Cl)CCCCC1=O. The van der Waals surface area contributed by atoms with Crippen LogP contribution in [0.15, 0.2) is 53.2 Å². The highest BCUT2D eigenvalue weighted by molar-refractivity contribution is 6.31. The molecule has 3 rings (SSSR count). The van der Waals surface area contributed by atoms with Crippen LogP contribution in [0, 0.1) is 0 Å². The lowest BCUT2D eigenvalue weighted by atomic mass is 9.74. The smallest absolute Gasteiger partial charge is 0.331 e. The maximum atomic E-state index is 13.0. The summed E-state index contributed by atoms with van der Waals surface area (Å²) in [7, 11) is 1.56. The summed E-state index contributed by atoms with van der Waals surface area (Å²) >= 11 is 6.39. The van der Waals surface area contributed by atoms with Gasteiger partial charge in [-0.15, -0.1) is 0 Å². The molecule has 1 saturated carbocycles. The van der Waals surface area contributed by atoms with Crippen molar-refractivity contribution < 1.29 is 23.5 Å². The van der Waals surface area contributed by atoms with Crippen molar-refractivity contribution in [1.29, 1.82) is 0 Å². The van der Waals surface area contributed by atoms with Gasteiger partial charge in [0.2, 0.25) is 0 Å². The number of furan rings is 1. The predicted molar refractivity (Wildman–Crippen MR) is 108 cm³/mol. The molecule has 7 heteroatoms. The Bertz CT molecular complexity index is 921. The number of amides is 1. The third-order valence-electron chi connectivity index (χ3n) is 5.18. The van der Waals surface area contributed by atoms with Gasteiger partial charge >= 0.3 is 5.97 Å². The van der Waals surface area contributed by atoms with Crippen molar-refractivity contribution in [2.24, 2.45) is 0 Å². The first-order valence-electron chi connectivity index (χ1n) is 9.38. The number of hydrogen-bond acceptors (Lipinski definition) is 5. The van der Waals surface area contributed by atoms with Crippen molar-refractivity contribution in [2.75, 3.05) is 13.7 Å². The Hall–Kier alpha value is -2.86. The van der Waals surface area contributed by atoms with Crippen LogP contribution in [0.25, 0.3) is 6.08 Å². The molecule has 29 heavy (non-hydrogen) atoms. The Balaban J connectivity index is 1.75. The zero-order valence-electron chi connectivity index (χ0n) is 16.1. The Morgan fingerprint density at radius 3 is 2.72 bits per heavy atom. The topological polar surface area (TPSA) is 76.8 Å². The number of carbonyl (C=O) groups excluding carboxylic acids is 3. The van der Waals surface area contributed by atoms with Gasteiger partial charge in [0, 0.05) is 30.1 Å². The number of hydrogen-bond donors (Lipinski definition) is 0. The second-order valence-corrected chi connectivity index (χ2v) is 7.29. The predicted octanol–water partition coefficient (Wildman–Crippen LogP) is 3.99. The summed E-state index contributed by atoms with van der Waals surface area (Å²) < 4.78 is 10.2. The normalized spacial score (nSPS) is 19.3. The molecule has 1 atom stereocenters. The second-order valence-electron chi connectivity index (χ2n) is 6.88. The van der Waals surface area contributed by atoms with Crippen LogP contribution in [0.2, 0.25) is 5.02 Å². The number of ketones is 1. The summed E-state index contributed by atoms with van der Waals surface area (Å²) in [5, 5.41) is 0.431. The van der Waals surface area contributed by atoms with E-state index in [4.69, 9.17) is 20.8 Å². The molecule has 1 fully saturated rings. The molecule has 152 valence electrons. The molecule has 0 spiro atoms. The minimum Gasteiger partial charge on any atom is -0.465 e. The fraction of sp³-hybridized carbons (Fsp3) is 0.318.